The Labute approximate surface area is 165 Å². The molecule has 2 aromatic rings. The fourth-order valence-corrected chi connectivity index (χ4v) is 2.33. The Bertz CT molecular complexity index is 858. The van der Waals surface area contributed by atoms with Crippen molar-refractivity contribution in [2.45, 2.75) is 32.9 Å². The Morgan fingerprint density at radius 2 is 1.75 bits per heavy atom. The Morgan fingerprint density at radius 3 is 2.39 bits per heavy atom. The monoisotopic (exact) mass is 380 g/mol. The van der Waals surface area contributed by atoms with Gasteiger partial charge in [-0.1, -0.05) is 56.3 Å². The van der Waals surface area contributed by atoms with Crippen LogP contribution in [0.15, 0.2) is 54.6 Å². The molecule has 6 heteroatoms. The smallest absolute Gasteiger partial charge is 0.342 e. The number of nitrogens with one attached hydrogen (secondary N) is 1. The van der Waals surface area contributed by atoms with Crippen molar-refractivity contribution in [3.8, 4) is 11.8 Å². The van der Waals surface area contributed by atoms with E-state index in [0.717, 1.165) is 5.56 Å². The molecule has 0 radical (unpaired) electrons. The van der Waals surface area contributed by atoms with E-state index < -0.39 is 24.0 Å². The first-order chi connectivity index (χ1) is 13.4. The first kappa shape index (κ1) is 21.0. The van der Waals surface area contributed by atoms with Crippen LogP contribution in [0.2, 0.25) is 0 Å². The minimum absolute atomic E-state index is 0.0933. The highest BCUT2D eigenvalue weighted by Crippen LogP contribution is 2.20. The van der Waals surface area contributed by atoms with Gasteiger partial charge in [-0.3, -0.25) is 4.79 Å². The normalized spacial score (nSPS) is 12.5. The molecule has 6 nitrogen and oxygen atoms in total. The molecule has 1 atom stereocenters. The third-order valence-corrected chi connectivity index (χ3v) is 4.46. The van der Waals surface area contributed by atoms with Crippen LogP contribution in [0.1, 0.15) is 36.7 Å². The summed E-state index contributed by atoms with van der Waals surface area (Å²) in [7, 11) is 0. The third kappa shape index (κ3) is 5.58. The van der Waals surface area contributed by atoms with Gasteiger partial charge in [-0.2, -0.15) is 5.26 Å². The highest BCUT2D eigenvalue weighted by atomic mass is 16.5. The highest BCUT2D eigenvalue weighted by Gasteiger charge is 2.30. The first-order valence-electron chi connectivity index (χ1n) is 9.01. The number of esters is 1. The van der Waals surface area contributed by atoms with Crippen LogP contribution in [0.4, 0.5) is 0 Å². The molecule has 0 bridgehead atoms. The molecule has 0 aliphatic rings. The largest absolute Gasteiger partial charge is 0.488 e. The minimum atomic E-state index is -1.03. The van der Waals surface area contributed by atoms with E-state index in [-0.39, 0.29) is 11.5 Å². The first-order valence-corrected chi connectivity index (χ1v) is 9.01. The fourth-order valence-electron chi connectivity index (χ4n) is 2.33. The zero-order valence-electron chi connectivity index (χ0n) is 16.3. The molecule has 2 aromatic carbocycles. The van der Waals surface area contributed by atoms with Crippen LogP contribution in [0.3, 0.4) is 0 Å². The van der Waals surface area contributed by atoms with Crippen LogP contribution in [0, 0.1) is 17.2 Å². The van der Waals surface area contributed by atoms with Crippen molar-refractivity contribution in [2.75, 3.05) is 6.61 Å². The number of nitriles is 1. The standard InChI is InChI=1S/C22H24N2O4/c1-16(2)22(3,15-23)24-20(25)14-28-21(26)18-11-7-8-12-19(18)27-13-17-9-5-4-6-10-17/h4-12,16H,13-14H2,1-3H3,(H,24,25)/t22-/m1/s1. The second kappa shape index (κ2) is 9.56. The van der Waals surface area contributed by atoms with Crippen LogP contribution >= 0.6 is 0 Å². The van der Waals surface area contributed by atoms with Gasteiger partial charge in [-0.05, 0) is 30.5 Å². The van der Waals surface area contributed by atoms with Crippen molar-refractivity contribution in [3.05, 3.63) is 65.7 Å². The molecule has 0 heterocycles. The van der Waals surface area contributed by atoms with Crippen molar-refractivity contribution in [1.29, 1.82) is 5.26 Å². The molecular weight excluding hydrogens is 356 g/mol. The number of ether oxygens (including phenoxy) is 2. The molecule has 0 aliphatic heterocycles. The van der Waals surface area contributed by atoms with Crippen molar-refractivity contribution < 1.29 is 19.1 Å². The lowest BCUT2D eigenvalue weighted by atomic mass is 9.90. The number of rotatable bonds is 8. The molecule has 0 unspecified atom stereocenters. The van der Waals surface area contributed by atoms with Crippen LogP contribution in [-0.2, 0) is 16.1 Å². The Kier molecular flexibility index (Phi) is 7.16. The van der Waals surface area contributed by atoms with Gasteiger partial charge in [0, 0.05) is 0 Å². The molecule has 0 saturated heterocycles. The maximum Gasteiger partial charge on any atom is 0.342 e. The van der Waals surface area contributed by atoms with Crippen molar-refractivity contribution in [2.24, 2.45) is 5.92 Å². The molecule has 1 amide bonds. The van der Waals surface area contributed by atoms with E-state index in [1.54, 1.807) is 31.2 Å². The average Bonchev–Trinajstić information content (AvgIpc) is 2.71. The van der Waals surface area contributed by atoms with Crippen LogP contribution in [0.25, 0.3) is 0 Å². The molecule has 0 spiro atoms. The number of hydrogen-bond donors (Lipinski definition) is 1. The zero-order valence-corrected chi connectivity index (χ0v) is 16.3. The Hall–Kier alpha value is -3.33. The summed E-state index contributed by atoms with van der Waals surface area (Å²) in [6, 6.07) is 18.3. The minimum Gasteiger partial charge on any atom is -0.488 e. The molecule has 0 aliphatic carbocycles. The summed E-state index contributed by atoms with van der Waals surface area (Å²) >= 11 is 0. The van der Waals surface area contributed by atoms with Gasteiger partial charge in [0.2, 0.25) is 0 Å². The van der Waals surface area contributed by atoms with Gasteiger partial charge in [0.1, 0.15) is 23.5 Å². The Balaban J connectivity index is 1.97. The van der Waals surface area contributed by atoms with Gasteiger partial charge in [0.15, 0.2) is 6.61 Å². The predicted octanol–water partition coefficient (Wildman–Crippen LogP) is 3.48. The van der Waals surface area contributed by atoms with E-state index in [9.17, 15) is 14.9 Å². The molecule has 1 N–H and O–H groups in total. The maximum atomic E-state index is 12.4. The number of benzene rings is 2. The van der Waals surface area contributed by atoms with E-state index in [1.807, 2.05) is 44.2 Å². The third-order valence-electron chi connectivity index (χ3n) is 4.46. The van der Waals surface area contributed by atoms with E-state index >= 15 is 0 Å². The summed E-state index contributed by atoms with van der Waals surface area (Å²) in [5.41, 5.74) is 0.174. The summed E-state index contributed by atoms with van der Waals surface area (Å²) in [4.78, 5) is 24.5. The summed E-state index contributed by atoms with van der Waals surface area (Å²) < 4.78 is 10.8. The van der Waals surface area contributed by atoms with Crippen molar-refractivity contribution in [3.63, 3.8) is 0 Å². The number of carbonyl (C=O) groups is 2. The highest BCUT2D eigenvalue weighted by molar-refractivity contribution is 5.94. The lowest BCUT2D eigenvalue weighted by molar-refractivity contribution is -0.125. The molecule has 0 aromatic heterocycles. The van der Waals surface area contributed by atoms with E-state index in [1.165, 1.54) is 0 Å². The quantitative estimate of drug-likeness (QED) is 0.709. The molecule has 146 valence electrons. The van der Waals surface area contributed by atoms with E-state index in [2.05, 4.69) is 11.4 Å². The SMILES string of the molecule is CC(C)[C@@](C)(C#N)NC(=O)COC(=O)c1ccccc1OCc1ccccc1. The molecule has 28 heavy (non-hydrogen) atoms. The van der Waals surface area contributed by atoms with Gasteiger partial charge in [0.05, 0.1) is 6.07 Å². The maximum absolute atomic E-state index is 12.4. The fraction of sp³-hybridized carbons (Fsp3) is 0.318. The average molecular weight is 380 g/mol. The summed E-state index contributed by atoms with van der Waals surface area (Å²) in [6.45, 7) is 5.12. The van der Waals surface area contributed by atoms with Gasteiger partial charge in [-0.15, -0.1) is 0 Å². The lowest BCUT2D eigenvalue weighted by Gasteiger charge is -2.27. The molecule has 2 rings (SSSR count). The van der Waals surface area contributed by atoms with Crippen LogP contribution in [0.5, 0.6) is 5.75 Å². The number of amides is 1. The van der Waals surface area contributed by atoms with Gasteiger partial charge < -0.3 is 14.8 Å². The van der Waals surface area contributed by atoms with E-state index in [4.69, 9.17) is 9.47 Å². The summed E-state index contributed by atoms with van der Waals surface area (Å²) in [5.74, 6) is -0.916. The second-order valence-corrected chi connectivity index (χ2v) is 6.86. The summed E-state index contributed by atoms with van der Waals surface area (Å²) in [6.07, 6.45) is 0. The topological polar surface area (TPSA) is 88.4 Å². The Morgan fingerprint density at radius 1 is 1.11 bits per heavy atom. The van der Waals surface area contributed by atoms with Crippen molar-refractivity contribution >= 4 is 11.9 Å². The lowest BCUT2D eigenvalue weighted by Crippen LogP contribution is -2.50. The number of hydrogen-bond acceptors (Lipinski definition) is 5. The number of nitrogens with zero attached hydrogens (tertiary/aromatic N) is 1. The zero-order chi connectivity index (χ0) is 20.6. The van der Waals surface area contributed by atoms with Crippen LogP contribution in [-0.4, -0.2) is 24.0 Å². The molecule has 0 fully saturated rings. The number of carbonyl (C=O) groups excluding carboxylic acids is 2. The van der Waals surface area contributed by atoms with Gasteiger partial charge in [0.25, 0.3) is 5.91 Å². The molecule has 0 saturated carbocycles. The van der Waals surface area contributed by atoms with Crippen molar-refractivity contribution in [1.82, 2.24) is 5.32 Å². The second-order valence-electron chi connectivity index (χ2n) is 6.86. The van der Waals surface area contributed by atoms with Gasteiger partial charge in [-0.25, -0.2) is 4.79 Å². The predicted molar refractivity (Wildman–Crippen MR) is 104 cm³/mol. The summed E-state index contributed by atoms with van der Waals surface area (Å²) in [5, 5.41) is 11.9. The van der Waals surface area contributed by atoms with Crippen LogP contribution < -0.4 is 10.1 Å². The van der Waals surface area contributed by atoms with E-state index in [0.29, 0.717) is 12.4 Å². The number of para-hydroxylation sites is 1. The van der Waals surface area contributed by atoms with Gasteiger partial charge >= 0.3 is 5.97 Å². The molecular formula is C22H24N2O4.